The molecule has 0 fully saturated rings. The standard InChI is InChI=1S/C15H19N3O/c1-4-17-15(2,3)14(19)18-13-7-5-6-11-8-9-16-10-12(11)13/h5-10,17H,4H2,1-3H3,(H,18,19). The summed E-state index contributed by atoms with van der Waals surface area (Å²) >= 11 is 0. The number of anilines is 1. The van der Waals surface area contributed by atoms with Crippen molar-refractivity contribution < 1.29 is 4.79 Å². The topological polar surface area (TPSA) is 54.0 Å². The van der Waals surface area contributed by atoms with Gasteiger partial charge in [-0.1, -0.05) is 19.1 Å². The Balaban J connectivity index is 2.29. The molecule has 0 bridgehead atoms. The van der Waals surface area contributed by atoms with Gasteiger partial charge in [-0.25, -0.2) is 0 Å². The SMILES string of the molecule is CCNC(C)(C)C(=O)Nc1cccc2ccncc12. The number of likely N-dealkylation sites (N-methyl/N-ethyl adjacent to an activating group) is 1. The van der Waals surface area contributed by atoms with Crippen molar-refractivity contribution in [1.82, 2.24) is 10.3 Å². The molecule has 0 aliphatic rings. The number of fused-ring (bicyclic) bond motifs is 1. The van der Waals surface area contributed by atoms with Gasteiger partial charge in [-0.3, -0.25) is 9.78 Å². The molecule has 2 N–H and O–H groups in total. The van der Waals surface area contributed by atoms with Crippen LogP contribution >= 0.6 is 0 Å². The molecule has 0 radical (unpaired) electrons. The Morgan fingerprint density at radius 2 is 2.11 bits per heavy atom. The maximum Gasteiger partial charge on any atom is 0.244 e. The monoisotopic (exact) mass is 257 g/mol. The first kappa shape index (κ1) is 13.5. The van der Waals surface area contributed by atoms with Crippen molar-refractivity contribution in [1.29, 1.82) is 0 Å². The van der Waals surface area contributed by atoms with Gasteiger partial charge in [-0.05, 0) is 37.9 Å². The van der Waals surface area contributed by atoms with Crippen LogP contribution in [0.4, 0.5) is 5.69 Å². The number of aromatic nitrogens is 1. The average molecular weight is 257 g/mol. The minimum Gasteiger partial charge on any atom is -0.324 e. The fourth-order valence-corrected chi connectivity index (χ4v) is 2.02. The third-order valence-electron chi connectivity index (χ3n) is 3.12. The number of benzene rings is 1. The van der Waals surface area contributed by atoms with Gasteiger partial charge in [-0.2, -0.15) is 0 Å². The molecular formula is C15H19N3O. The number of hydrogen-bond acceptors (Lipinski definition) is 3. The quantitative estimate of drug-likeness (QED) is 0.885. The number of nitrogens with one attached hydrogen (secondary N) is 2. The van der Waals surface area contributed by atoms with Crippen LogP contribution in [0.5, 0.6) is 0 Å². The van der Waals surface area contributed by atoms with Crippen molar-refractivity contribution in [3.63, 3.8) is 0 Å². The summed E-state index contributed by atoms with van der Waals surface area (Å²) in [7, 11) is 0. The van der Waals surface area contributed by atoms with Crippen LogP contribution < -0.4 is 10.6 Å². The molecule has 1 aromatic heterocycles. The summed E-state index contributed by atoms with van der Waals surface area (Å²) in [5.74, 6) is -0.0503. The van der Waals surface area contributed by atoms with Crippen LogP contribution in [0.3, 0.4) is 0 Å². The molecule has 0 unspecified atom stereocenters. The fraction of sp³-hybridized carbons (Fsp3) is 0.333. The molecule has 4 heteroatoms. The zero-order valence-corrected chi connectivity index (χ0v) is 11.5. The van der Waals surface area contributed by atoms with Crippen molar-refractivity contribution in [3.8, 4) is 0 Å². The maximum atomic E-state index is 12.3. The Labute approximate surface area is 113 Å². The number of nitrogens with zero attached hydrogens (tertiary/aromatic N) is 1. The Morgan fingerprint density at radius 1 is 1.32 bits per heavy atom. The summed E-state index contributed by atoms with van der Waals surface area (Å²) in [4.78, 5) is 16.4. The molecule has 19 heavy (non-hydrogen) atoms. The summed E-state index contributed by atoms with van der Waals surface area (Å²) in [6.45, 7) is 6.47. The van der Waals surface area contributed by atoms with Crippen LogP contribution in [-0.2, 0) is 4.79 Å². The highest BCUT2D eigenvalue weighted by Gasteiger charge is 2.26. The van der Waals surface area contributed by atoms with Crippen LogP contribution in [0.15, 0.2) is 36.7 Å². The lowest BCUT2D eigenvalue weighted by atomic mass is 10.0. The number of carbonyl (C=O) groups is 1. The minimum absolute atomic E-state index is 0.0503. The van der Waals surface area contributed by atoms with Gasteiger partial charge in [0.1, 0.15) is 0 Å². The maximum absolute atomic E-state index is 12.3. The molecule has 0 aliphatic heterocycles. The van der Waals surface area contributed by atoms with E-state index in [0.717, 1.165) is 23.0 Å². The van der Waals surface area contributed by atoms with E-state index in [0.29, 0.717) is 0 Å². The van der Waals surface area contributed by atoms with E-state index in [4.69, 9.17) is 0 Å². The number of hydrogen-bond donors (Lipinski definition) is 2. The van der Waals surface area contributed by atoms with Crippen LogP contribution in [0.2, 0.25) is 0 Å². The summed E-state index contributed by atoms with van der Waals surface area (Å²) in [6, 6.07) is 7.75. The third kappa shape index (κ3) is 2.90. The lowest BCUT2D eigenvalue weighted by Crippen LogP contribution is -2.49. The molecule has 0 saturated carbocycles. The molecule has 0 aliphatic carbocycles. The van der Waals surface area contributed by atoms with Crippen LogP contribution in [-0.4, -0.2) is 23.0 Å². The van der Waals surface area contributed by atoms with E-state index < -0.39 is 5.54 Å². The second-order valence-corrected chi connectivity index (χ2v) is 5.01. The van der Waals surface area contributed by atoms with Gasteiger partial charge in [-0.15, -0.1) is 0 Å². The van der Waals surface area contributed by atoms with E-state index in [1.165, 1.54) is 0 Å². The van der Waals surface area contributed by atoms with Gasteiger partial charge in [0.15, 0.2) is 0 Å². The third-order valence-corrected chi connectivity index (χ3v) is 3.12. The lowest BCUT2D eigenvalue weighted by molar-refractivity contribution is -0.121. The van der Waals surface area contributed by atoms with Crippen molar-refractivity contribution in [3.05, 3.63) is 36.7 Å². The molecule has 0 saturated heterocycles. The van der Waals surface area contributed by atoms with Crippen LogP contribution in [0.1, 0.15) is 20.8 Å². The van der Waals surface area contributed by atoms with E-state index in [-0.39, 0.29) is 5.91 Å². The Kier molecular flexibility index (Phi) is 3.81. The Morgan fingerprint density at radius 3 is 2.84 bits per heavy atom. The Bertz CT molecular complexity index is 587. The molecule has 1 amide bonds. The highest BCUT2D eigenvalue weighted by molar-refractivity contribution is 6.04. The summed E-state index contributed by atoms with van der Waals surface area (Å²) in [5.41, 5.74) is 0.195. The number of amides is 1. The zero-order valence-electron chi connectivity index (χ0n) is 11.5. The highest BCUT2D eigenvalue weighted by Crippen LogP contribution is 2.22. The van der Waals surface area contributed by atoms with Gasteiger partial charge in [0.2, 0.25) is 5.91 Å². The first-order chi connectivity index (χ1) is 9.04. The van der Waals surface area contributed by atoms with Crippen LogP contribution in [0.25, 0.3) is 10.8 Å². The largest absolute Gasteiger partial charge is 0.324 e. The van der Waals surface area contributed by atoms with Gasteiger partial charge in [0.05, 0.1) is 11.2 Å². The van der Waals surface area contributed by atoms with E-state index in [1.807, 2.05) is 45.0 Å². The molecule has 2 aromatic rings. The molecular weight excluding hydrogens is 238 g/mol. The predicted octanol–water partition coefficient (Wildman–Crippen LogP) is 2.56. The summed E-state index contributed by atoms with van der Waals surface area (Å²) < 4.78 is 0. The van der Waals surface area contributed by atoms with Gasteiger partial charge in [0.25, 0.3) is 0 Å². The van der Waals surface area contributed by atoms with Gasteiger partial charge in [0, 0.05) is 17.8 Å². The molecule has 100 valence electrons. The molecule has 0 atom stereocenters. The van der Waals surface area contributed by atoms with Gasteiger partial charge < -0.3 is 10.6 Å². The Hall–Kier alpha value is -1.94. The van der Waals surface area contributed by atoms with Crippen molar-refractivity contribution in [2.45, 2.75) is 26.3 Å². The van der Waals surface area contributed by atoms with E-state index in [1.54, 1.807) is 12.4 Å². The molecule has 1 aromatic carbocycles. The second kappa shape index (κ2) is 5.36. The number of pyridine rings is 1. The zero-order chi connectivity index (χ0) is 13.9. The van der Waals surface area contributed by atoms with Crippen LogP contribution in [0, 0.1) is 0 Å². The molecule has 2 rings (SSSR count). The van der Waals surface area contributed by atoms with Crippen molar-refractivity contribution in [2.24, 2.45) is 0 Å². The number of carbonyl (C=O) groups excluding carboxylic acids is 1. The van der Waals surface area contributed by atoms with E-state index in [2.05, 4.69) is 15.6 Å². The van der Waals surface area contributed by atoms with Crippen molar-refractivity contribution >= 4 is 22.4 Å². The summed E-state index contributed by atoms with van der Waals surface area (Å²) in [6.07, 6.45) is 3.52. The molecule has 4 nitrogen and oxygen atoms in total. The number of rotatable bonds is 4. The van der Waals surface area contributed by atoms with Gasteiger partial charge >= 0.3 is 0 Å². The lowest BCUT2D eigenvalue weighted by Gasteiger charge is -2.24. The van der Waals surface area contributed by atoms with E-state index >= 15 is 0 Å². The fourth-order valence-electron chi connectivity index (χ4n) is 2.02. The molecule has 1 heterocycles. The molecule has 0 spiro atoms. The first-order valence-electron chi connectivity index (χ1n) is 6.44. The normalized spacial score (nSPS) is 11.5. The highest BCUT2D eigenvalue weighted by atomic mass is 16.2. The smallest absolute Gasteiger partial charge is 0.244 e. The second-order valence-electron chi connectivity index (χ2n) is 5.01. The predicted molar refractivity (Wildman–Crippen MR) is 78.1 cm³/mol. The van der Waals surface area contributed by atoms with Crippen molar-refractivity contribution in [2.75, 3.05) is 11.9 Å². The first-order valence-corrected chi connectivity index (χ1v) is 6.44. The minimum atomic E-state index is -0.598. The summed E-state index contributed by atoms with van der Waals surface area (Å²) in [5, 5.41) is 8.14. The average Bonchev–Trinajstić information content (AvgIpc) is 2.39. The van der Waals surface area contributed by atoms with E-state index in [9.17, 15) is 4.79 Å².